The first-order valence-corrected chi connectivity index (χ1v) is 8.11. The molecule has 25 heavy (non-hydrogen) atoms. The van der Waals surface area contributed by atoms with Crippen molar-refractivity contribution in [1.29, 1.82) is 0 Å². The van der Waals surface area contributed by atoms with E-state index in [9.17, 15) is 19.2 Å². The van der Waals surface area contributed by atoms with Crippen molar-refractivity contribution in [3.05, 3.63) is 81.5 Å². The molecule has 0 aliphatic heterocycles. The van der Waals surface area contributed by atoms with Gasteiger partial charge in [0, 0.05) is 39.7 Å². The standard InChI is InChI=1S/C21H12O4/c1-9-8-14(24)19-15-10-4-2-3-5-11(10)16(20(19)21(9)25)18-13(23)7-6-12(22)17(15)18/h2-8,15-16H,1H3. The lowest BCUT2D eigenvalue weighted by Crippen LogP contribution is -2.40. The van der Waals surface area contributed by atoms with Crippen LogP contribution in [0, 0.1) is 0 Å². The fourth-order valence-corrected chi connectivity index (χ4v) is 4.53. The van der Waals surface area contributed by atoms with Gasteiger partial charge in [0.15, 0.2) is 23.1 Å². The third-order valence-corrected chi connectivity index (χ3v) is 5.49. The Morgan fingerprint density at radius 1 is 0.680 bits per heavy atom. The molecule has 6 rings (SSSR count). The number of hydrogen-bond donors (Lipinski definition) is 0. The molecule has 0 amide bonds. The molecule has 0 heterocycles. The Bertz CT molecular complexity index is 1070. The summed E-state index contributed by atoms with van der Waals surface area (Å²) in [4.78, 5) is 50.7. The van der Waals surface area contributed by atoms with E-state index in [2.05, 4.69) is 0 Å². The molecule has 0 saturated carbocycles. The number of ketones is 4. The molecule has 0 spiro atoms. The third-order valence-electron chi connectivity index (χ3n) is 5.49. The zero-order chi connectivity index (χ0) is 17.5. The molecule has 0 N–H and O–H groups in total. The molecule has 5 aliphatic carbocycles. The molecule has 120 valence electrons. The lowest BCUT2D eigenvalue weighted by atomic mass is 9.56. The van der Waals surface area contributed by atoms with Crippen LogP contribution in [-0.2, 0) is 19.2 Å². The lowest BCUT2D eigenvalue weighted by Gasteiger charge is -2.44. The van der Waals surface area contributed by atoms with Gasteiger partial charge in [0.25, 0.3) is 0 Å². The Labute approximate surface area is 143 Å². The Hall–Kier alpha value is -3.14. The summed E-state index contributed by atoms with van der Waals surface area (Å²) < 4.78 is 0. The largest absolute Gasteiger partial charge is 0.290 e. The second-order valence-corrected chi connectivity index (χ2v) is 6.73. The van der Waals surface area contributed by atoms with Crippen molar-refractivity contribution in [2.24, 2.45) is 0 Å². The van der Waals surface area contributed by atoms with Gasteiger partial charge in [-0.2, -0.15) is 0 Å². The maximum Gasteiger partial charge on any atom is 0.186 e. The van der Waals surface area contributed by atoms with Crippen molar-refractivity contribution in [3.63, 3.8) is 0 Å². The quantitative estimate of drug-likeness (QED) is 0.685. The third kappa shape index (κ3) is 1.56. The fourth-order valence-electron chi connectivity index (χ4n) is 4.53. The fraction of sp³-hybridized carbons (Fsp3) is 0.143. The van der Waals surface area contributed by atoms with Gasteiger partial charge in [0.1, 0.15) is 0 Å². The number of hydrogen-bond acceptors (Lipinski definition) is 4. The molecule has 2 atom stereocenters. The summed E-state index contributed by atoms with van der Waals surface area (Å²) in [6, 6.07) is 7.45. The van der Waals surface area contributed by atoms with Crippen LogP contribution in [0.25, 0.3) is 0 Å². The first kappa shape index (κ1) is 14.2. The van der Waals surface area contributed by atoms with Gasteiger partial charge in [-0.1, -0.05) is 24.3 Å². The molecule has 0 fully saturated rings. The van der Waals surface area contributed by atoms with E-state index < -0.39 is 11.8 Å². The van der Waals surface area contributed by atoms with Gasteiger partial charge < -0.3 is 0 Å². The average Bonchev–Trinajstić information content (AvgIpc) is 2.62. The predicted octanol–water partition coefficient (Wildman–Crippen LogP) is 2.28. The maximum absolute atomic E-state index is 12.9. The van der Waals surface area contributed by atoms with E-state index in [0.717, 1.165) is 11.1 Å². The molecular formula is C21H12O4. The SMILES string of the molecule is CC1=CC(=O)C2=C(C1=O)C1C3=C(C(=O)C=CC3=O)C2c2ccccc21. The predicted molar refractivity (Wildman–Crippen MR) is 88.9 cm³/mol. The van der Waals surface area contributed by atoms with Crippen LogP contribution in [0.5, 0.6) is 0 Å². The maximum atomic E-state index is 12.9. The normalized spacial score (nSPS) is 26.7. The molecular weight excluding hydrogens is 316 g/mol. The number of Topliss-reactive ketones (excluding diaryl/α,β-unsaturated/α-hetero) is 1. The molecule has 5 aliphatic rings. The molecule has 2 bridgehead atoms. The highest BCUT2D eigenvalue weighted by Gasteiger charge is 2.52. The van der Waals surface area contributed by atoms with Crippen LogP contribution in [0.15, 0.2) is 70.4 Å². The minimum absolute atomic E-state index is 0.208. The Morgan fingerprint density at radius 3 is 1.72 bits per heavy atom. The van der Waals surface area contributed by atoms with E-state index in [1.807, 2.05) is 24.3 Å². The van der Waals surface area contributed by atoms with Crippen LogP contribution in [0.3, 0.4) is 0 Å². The summed E-state index contributed by atoms with van der Waals surface area (Å²) in [6.45, 7) is 1.61. The Morgan fingerprint density at radius 2 is 1.16 bits per heavy atom. The van der Waals surface area contributed by atoms with E-state index in [0.29, 0.717) is 27.9 Å². The van der Waals surface area contributed by atoms with E-state index in [-0.39, 0.29) is 23.1 Å². The number of carbonyl (C=O) groups excluding carboxylic acids is 4. The second kappa shape index (κ2) is 4.48. The van der Waals surface area contributed by atoms with Crippen LogP contribution in [0.4, 0.5) is 0 Å². The van der Waals surface area contributed by atoms with Gasteiger partial charge in [0.05, 0.1) is 0 Å². The van der Waals surface area contributed by atoms with E-state index in [4.69, 9.17) is 0 Å². The van der Waals surface area contributed by atoms with Gasteiger partial charge in [-0.05, 0) is 36.3 Å². The first-order valence-electron chi connectivity index (χ1n) is 8.11. The summed E-state index contributed by atoms with van der Waals surface area (Å²) >= 11 is 0. The molecule has 4 heteroatoms. The van der Waals surface area contributed by atoms with E-state index >= 15 is 0 Å². The van der Waals surface area contributed by atoms with Crippen molar-refractivity contribution in [2.75, 3.05) is 0 Å². The number of benzene rings is 1. The zero-order valence-electron chi connectivity index (χ0n) is 13.3. The van der Waals surface area contributed by atoms with Gasteiger partial charge in [-0.3, -0.25) is 19.2 Å². The first-order chi connectivity index (χ1) is 12.0. The van der Waals surface area contributed by atoms with Crippen molar-refractivity contribution in [3.8, 4) is 0 Å². The molecule has 4 nitrogen and oxygen atoms in total. The van der Waals surface area contributed by atoms with Crippen molar-refractivity contribution < 1.29 is 19.2 Å². The number of allylic oxidation sites excluding steroid dienone is 8. The lowest BCUT2D eigenvalue weighted by molar-refractivity contribution is -0.117. The smallest absolute Gasteiger partial charge is 0.186 e. The van der Waals surface area contributed by atoms with Gasteiger partial charge in [-0.15, -0.1) is 0 Å². The molecule has 0 radical (unpaired) electrons. The monoisotopic (exact) mass is 328 g/mol. The average molecular weight is 328 g/mol. The minimum atomic E-state index is -0.632. The highest BCUT2D eigenvalue weighted by molar-refractivity contribution is 6.30. The van der Waals surface area contributed by atoms with Gasteiger partial charge >= 0.3 is 0 Å². The Kier molecular flexibility index (Phi) is 2.55. The molecule has 0 saturated heterocycles. The van der Waals surface area contributed by atoms with Gasteiger partial charge in [0.2, 0.25) is 0 Å². The van der Waals surface area contributed by atoms with Crippen LogP contribution < -0.4 is 0 Å². The summed E-state index contributed by atoms with van der Waals surface area (Å²) in [6.07, 6.45) is 3.87. The van der Waals surface area contributed by atoms with Gasteiger partial charge in [-0.25, -0.2) is 0 Å². The summed E-state index contributed by atoms with van der Waals surface area (Å²) in [5.74, 6) is -2.21. The van der Waals surface area contributed by atoms with Crippen LogP contribution >= 0.6 is 0 Å². The van der Waals surface area contributed by atoms with E-state index in [1.54, 1.807) is 6.92 Å². The molecule has 2 unspecified atom stereocenters. The topological polar surface area (TPSA) is 68.3 Å². The van der Waals surface area contributed by atoms with Crippen molar-refractivity contribution in [2.45, 2.75) is 18.8 Å². The van der Waals surface area contributed by atoms with Crippen molar-refractivity contribution in [1.82, 2.24) is 0 Å². The zero-order valence-corrected chi connectivity index (χ0v) is 13.3. The second-order valence-electron chi connectivity index (χ2n) is 6.73. The summed E-state index contributed by atoms with van der Waals surface area (Å²) in [5, 5.41) is 0. The highest BCUT2D eigenvalue weighted by Crippen LogP contribution is 2.58. The van der Waals surface area contributed by atoms with E-state index in [1.165, 1.54) is 18.2 Å². The summed E-state index contributed by atoms with van der Waals surface area (Å²) in [5.41, 5.74) is 3.54. The Balaban J connectivity index is 1.88. The summed E-state index contributed by atoms with van der Waals surface area (Å²) in [7, 11) is 0. The van der Waals surface area contributed by atoms with Crippen LogP contribution in [0.1, 0.15) is 29.9 Å². The molecule has 1 aromatic carbocycles. The minimum Gasteiger partial charge on any atom is -0.290 e. The van der Waals surface area contributed by atoms with Crippen LogP contribution in [0.2, 0.25) is 0 Å². The van der Waals surface area contributed by atoms with Crippen molar-refractivity contribution >= 4 is 23.1 Å². The van der Waals surface area contributed by atoms with Crippen LogP contribution in [-0.4, -0.2) is 23.1 Å². The molecule has 1 aromatic rings. The molecule has 0 aromatic heterocycles. The number of rotatable bonds is 0. The highest BCUT2D eigenvalue weighted by atomic mass is 16.1. The number of carbonyl (C=O) groups is 4.